The Morgan fingerprint density at radius 2 is 2.25 bits per heavy atom. The van der Waals surface area contributed by atoms with Crippen LogP contribution in [-0.4, -0.2) is 37.2 Å². The fourth-order valence-corrected chi connectivity index (χ4v) is 2.86. The summed E-state index contributed by atoms with van der Waals surface area (Å²) in [6, 6.07) is 1.45. The summed E-state index contributed by atoms with van der Waals surface area (Å²) in [5.41, 5.74) is 0. The van der Waals surface area contributed by atoms with Crippen molar-refractivity contribution in [2.24, 2.45) is 0 Å². The van der Waals surface area contributed by atoms with E-state index in [0.717, 1.165) is 6.04 Å². The highest BCUT2D eigenvalue weighted by atomic mass is 32.2. The molecule has 0 aliphatic carbocycles. The van der Waals surface area contributed by atoms with Gasteiger partial charge in [-0.1, -0.05) is 6.42 Å². The molecule has 3 heteroatoms. The third kappa shape index (κ3) is 6.77. The van der Waals surface area contributed by atoms with Gasteiger partial charge < -0.3 is 10.6 Å². The number of rotatable bonds is 9. The molecule has 0 aromatic rings. The summed E-state index contributed by atoms with van der Waals surface area (Å²) in [6.45, 7) is 4.75. The van der Waals surface area contributed by atoms with Gasteiger partial charge in [0.15, 0.2) is 0 Å². The minimum absolute atomic E-state index is 0.677. The Kier molecular flexibility index (Phi) is 8.34. The normalized spacial score (nSPS) is 22.5. The van der Waals surface area contributed by atoms with E-state index in [9.17, 15) is 0 Å². The standard InChI is InChI=1S/C13H28N2S/c1-12(11-13-7-6-9-15-13)14-8-4-3-5-10-16-2/h12-15H,3-11H2,1-2H3. The summed E-state index contributed by atoms with van der Waals surface area (Å²) in [7, 11) is 0. The lowest BCUT2D eigenvalue weighted by molar-refractivity contribution is 0.435. The van der Waals surface area contributed by atoms with Crippen molar-refractivity contribution >= 4 is 11.8 Å². The molecule has 0 radical (unpaired) electrons. The summed E-state index contributed by atoms with van der Waals surface area (Å²) < 4.78 is 0. The van der Waals surface area contributed by atoms with Gasteiger partial charge in [0.05, 0.1) is 0 Å². The van der Waals surface area contributed by atoms with Crippen LogP contribution in [0.25, 0.3) is 0 Å². The van der Waals surface area contributed by atoms with Crippen LogP contribution < -0.4 is 10.6 Å². The van der Waals surface area contributed by atoms with Gasteiger partial charge in [-0.2, -0.15) is 11.8 Å². The molecule has 2 N–H and O–H groups in total. The quantitative estimate of drug-likeness (QED) is 0.610. The summed E-state index contributed by atoms with van der Waals surface area (Å²) in [6.07, 6.45) is 10.3. The molecular formula is C13H28N2S. The first kappa shape index (κ1) is 14.3. The molecule has 1 rings (SSSR count). The van der Waals surface area contributed by atoms with E-state index in [2.05, 4.69) is 23.8 Å². The van der Waals surface area contributed by atoms with Gasteiger partial charge in [-0.3, -0.25) is 0 Å². The lowest BCUT2D eigenvalue weighted by atomic mass is 10.1. The monoisotopic (exact) mass is 244 g/mol. The molecule has 2 nitrogen and oxygen atoms in total. The van der Waals surface area contributed by atoms with Crippen molar-refractivity contribution in [3.8, 4) is 0 Å². The Bertz CT molecular complexity index is 158. The predicted molar refractivity (Wildman–Crippen MR) is 75.3 cm³/mol. The van der Waals surface area contributed by atoms with Crippen LogP contribution in [0.4, 0.5) is 0 Å². The molecule has 1 fully saturated rings. The number of hydrogen-bond acceptors (Lipinski definition) is 3. The highest BCUT2D eigenvalue weighted by Crippen LogP contribution is 2.10. The first-order valence-corrected chi connectivity index (χ1v) is 8.18. The zero-order chi connectivity index (χ0) is 11.6. The van der Waals surface area contributed by atoms with Gasteiger partial charge >= 0.3 is 0 Å². The van der Waals surface area contributed by atoms with E-state index >= 15 is 0 Å². The molecule has 2 unspecified atom stereocenters. The Labute approximate surface area is 105 Å². The van der Waals surface area contributed by atoms with E-state index in [-0.39, 0.29) is 0 Å². The van der Waals surface area contributed by atoms with Crippen molar-refractivity contribution in [2.75, 3.05) is 25.1 Å². The van der Waals surface area contributed by atoms with Crippen LogP contribution in [0.3, 0.4) is 0 Å². The largest absolute Gasteiger partial charge is 0.314 e. The molecule has 0 saturated carbocycles. The van der Waals surface area contributed by atoms with Crippen LogP contribution in [0.1, 0.15) is 45.4 Å². The molecule has 1 heterocycles. The van der Waals surface area contributed by atoms with Crippen LogP contribution in [0.5, 0.6) is 0 Å². The third-order valence-electron chi connectivity index (χ3n) is 3.32. The average Bonchev–Trinajstić information content (AvgIpc) is 2.76. The number of thioether (sulfide) groups is 1. The van der Waals surface area contributed by atoms with E-state index in [1.54, 1.807) is 0 Å². The Hall–Kier alpha value is 0.270. The maximum atomic E-state index is 3.64. The van der Waals surface area contributed by atoms with Crippen molar-refractivity contribution in [1.29, 1.82) is 0 Å². The molecule has 1 saturated heterocycles. The Morgan fingerprint density at radius 3 is 2.94 bits per heavy atom. The molecule has 96 valence electrons. The van der Waals surface area contributed by atoms with Crippen LogP contribution in [-0.2, 0) is 0 Å². The summed E-state index contributed by atoms with van der Waals surface area (Å²) in [4.78, 5) is 0. The SMILES string of the molecule is CSCCCCCNC(C)CC1CCCN1. The molecule has 0 amide bonds. The van der Waals surface area contributed by atoms with E-state index in [0.29, 0.717) is 6.04 Å². The molecule has 1 aliphatic heterocycles. The minimum Gasteiger partial charge on any atom is -0.314 e. The molecule has 0 bridgehead atoms. The first-order valence-electron chi connectivity index (χ1n) is 6.78. The van der Waals surface area contributed by atoms with Gasteiger partial charge in [0.2, 0.25) is 0 Å². The highest BCUT2D eigenvalue weighted by molar-refractivity contribution is 7.98. The van der Waals surface area contributed by atoms with E-state index < -0.39 is 0 Å². The number of nitrogens with one attached hydrogen (secondary N) is 2. The first-order chi connectivity index (χ1) is 7.83. The van der Waals surface area contributed by atoms with Gasteiger partial charge in [0, 0.05) is 12.1 Å². The van der Waals surface area contributed by atoms with Crippen molar-refractivity contribution in [3.05, 3.63) is 0 Å². The summed E-state index contributed by atoms with van der Waals surface area (Å²) in [5.74, 6) is 1.32. The molecule has 1 aliphatic rings. The van der Waals surface area contributed by atoms with Crippen LogP contribution >= 0.6 is 11.8 Å². The van der Waals surface area contributed by atoms with Gasteiger partial charge in [0.25, 0.3) is 0 Å². The molecular weight excluding hydrogens is 216 g/mol. The molecule has 2 atom stereocenters. The molecule has 0 spiro atoms. The third-order valence-corrected chi connectivity index (χ3v) is 4.02. The van der Waals surface area contributed by atoms with Crippen LogP contribution in [0, 0.1) is 0 Å². The van der Waals surface area contributed by atoms with Gasteiger partial charge in [-0.15, -0.1) is 0 Å². The van der Waals surface area contributed by atoms with Gasteiger partial charge in [-0.25, -0.2) is 0 Å². The fraction of sp³-hybridized carbons (Fsp3) is 1.00. The summed E-state index contributed by atoms with van der Waals surface area (Å²) >= 11 is 1.96. The summed E-state index contributed by atoms with van der Waals surface area (Å²) in [5, 5.41) is 7.20. The topological polar surface area (TPSA) is 24.1 Å². The maximum absolute atomic E-state index is 3.64. The molecule has 0 aromatic carbocycles. The second-order valence-electron chi connectivity index (χ2n) is 4.94. The van der Waals surface area contributed by atoms with Crippen molar-refractivity contribution in [2.45, 2.75) is 57.5 Å². The van der Waals surface area contributed by atoms with Gasteiger partial charge in [-0.05, 0) is 64.1 Å². The van der Waals surface area contributed by atoms with Crippen molar-refractivity contribution < 1.29 is 0 Å². The molecule has 16 heavy (non-hydrogen) atoms. The highest BCUT2D eigenvalue weighted by Gasteiger charge is 2.16. The average molecular weight is 244 g/mol. The zero-order valence-corrected chi connectivity index (χ0v) is 11.7. The van der Waals surface area contributed by atoms with Crippen molar-refractivity contribution in [1.82, 2.24) is 10.6 Å². The van der Waals surface area contributed by atoms with E-state index in [1.807, 2.05) is 11.8 Å². The lowest BCUT2D eigenvalue weighted by Crippen LogP contribution is -2.34. The van der Waals surface area contributed by atoms with Crippen LogP contribution in [0.2, 0.25) is 0 Å². The second kappa shape index (κ2) is 9.32. The minimum atomic E-state index is 0.677. The van der Waals surface area contributed by atoms with Crippen molar-refractivity contribution in [3.63, 3.8) is 0 Å². The molecule has 0 aromatic heterocycles. The second-order valence-corrected chi connectivity index (χ2v) is 5.92. The number of hydrogen-bond donors (Lipinski definition) is 2. The van der Waals surface area contributed by atoms with Gasteiger partial charge in [0.1, 0.15) is 0 Å². The lowest BCUT2D eigenvalue weighted by Gasteiger charge is -2.18. The number of unbranched alkanes of at least 4 members (excludes halogenated alkanes) is 2. The maximum Gasteiger partial charge on any atom is 0.00822 e. The Balaban J connectivity index is 1.87. The van der Waals surface area contributed by atoms with E-state index in [4.69, 9.17) is 0 Å². The fourth-order valence-electron chi connectivity index (χ4n) is 2.36. The van der Waals surface area contributed by atoms with Crippen LogP contribution in [0.15, 0.2) is 0 Å². The smallest absolute Gasteiger partial charge is 0.00822 e. The van der Waals surface area contributed by atoms with E-state index in [1.165, 1.54) is 57.4 Å². The Morgan fingerprint density at radius 1 is 1.38 bits per heavy atom. The predicted octanol–water partition coefficient (Wildman–Crippen LogP) is 2.64. The zero-order valence-electron chi connectivity index (χ0n) is 10.9.